The predicted molar refractivity (Wildman–Crippen MR) is 169 cm³/mol. The molecule has 3 heteroatoms. The van der Waals surface area contributed by atoms with Crippen molar-refractivity contribution in [3.05, 3.63) is 76.5 Å². The number of likely N-dealkylation sites (tertiary alicyclic amines) is 1. The Morgan fingerprint density at radius 1 is 1.13 bits per heavy atom. The lowest BCUT2D eigenvalue weighted by atomic mass is 9.58. The second kappa shape index (κ2) is 13.8. The maximum Gasteiger partial charge on any atom is 0.0180 e. The van der Waals surface area contributed by atoms with Crippen molar-refractivity contribution in [3.63, 3.8) is 0 Å². The Bertz CT molecular complexity index is 1040. The SMILES string of the molecule is C=C(c1cc(C)ccc1C)C(C)(C)C(C)(C)C(/C=C(/C)N(C)CCCCC)=C(C)/C=C\CN1CCC(N)C1. The summed E-state index contributed by atoms with van der Waals surface area (Å²) in [7, 11) is 2.23. The molecule has 1 unspecified atom stereocenters. The standard InChI is InChI=1S/C35H57N3/c1-12-13-14-20-37(11)29(5)24-33(28(4)16-15-21-38-22-19-31(36)25-38)35(9,10)34(7,8)30(6)32-23-26(2)17-18-27(32)3/h15-18,23-24,31H,6,12-14,19-22,25,36H2,1-5,7-11H3/b16-15-,29-24-,33-28+. The van der Waals surface area contributed by atoms with Crippen LogP contribution in [0, 0.1) is 24.7 Å². The van der Waals surface area contributed by atoms with Crippen molar-refractivity contribution in [2.24, 2.45) is 16.6 Å². The molecular formula is C35H57N3. The van der Waals surface area contributed by atoms with E-state index in [0.29, 0.717) is 6.04 Å². The highest BCUT2D eigenvalue weighted by atomic mass is 15.2. The predicted octanol–water partition coefficient (Wildman–Crippen LogP) is 8.30. The smallest absolute Gasteiger partial charge is 0.0180 e. The van der Waals surface area contributed by atoms with Crippen LogP contribution in [-0.2, 0) is 0 Å². The van der Waals surface area contributed by atoms with E-state index in [-0.39, 0.29) is 10.8 Å². The van der Waals surface area contributed by atoms with E-state index in [9.17, 15) is 0 Å². The van der Waals surface area contributed by atoms with Gasteiger partial charge in [-0.1, -0.05) is 90.0 Å². The third-order valence-electron chi connectivity index (χ3n) is 9.23. The second-order valence-corrected chi connectivity index (χ2v) is 12.8. The summed E-state index contributed by atoms with van der Waals surface area (Å²) in [6.45, 7) is 29.6. The number of unbranched alkanes of at least 4 members (excludes halogenated alkanes) is 2. The van der Waals surface area contributed by atoms with Gasteiger partial charge in [-0.2, -0.15) is 0 Å². The number of nitrogens with zero attached hydrogens (tertiary/aromatic N) is 2. The van der Waals surface area contributed by atoms with Crippen molar-refractivity contribution in [2.45, 2.75) is 94.0 Å². The van der Waals surface area contributed by atoms with E-state index in [1.54, 1.807) is 0 Å². The fraction of sp³-hybridized carbons (Fsp3) is 0.600. The van der Waals surface area contributed by atoms with Crippen molar-refractivity contribution in [2.75, 3.05) is 33.2 Å². The number of rotatable bonds is 13. The van der Waals surface area contributed by atoms with Gasteiger partial charge in [-0.15, -0.1) is 0 Å². The molecule has 0 bridgehead atoms. The van der Waals surface area contributed by atoms with Crippen LogP contribution in [0.3, 0.4) is 0 Å². The van der Waals surface area contributed by atoms with Gasteiger partial charge in [0.05, 0.1) is 0 Å². The van der Waals surface area contributed by atoms with E-state index < -0.39 is 0 Å². The fourth-order valence-corrected chi connectivity index (χ4v) is 5.49. The summed E-state index contributed by atoms with van der Waals surface area (Å²) in [6.07, 6.45) is 11.9. The molecule has 3 nitrogen and oxygen atoms in total. The first-order valence-corrected chi connectivity index (χ1v) is 14.7. The van der Waals surface area contributed by atoms with Crippen molar-refractivity contribution in [3.8, 4) is 0 Å². The zero-order valence-electron chi connectivity index (χ0n) is 26.4. The van der Waals surface area contributed by atoms with Crippen LogP contribution >= 0.6 is 0 Å². The van der Waals surface area contributed by atoms with Crippen LogP contribution in [-0.4, -0.2) is 49.1 Å². The van der Waals surface area contributed by atoms with Gasteiger partial charge in [0.2, 0.25) is 0 Å². The molecule has 2 N–H and O–H groups in total. The summed E-state index contributed by atoms with van der Waals surface area (Å²) in [5.41, 5.74) is 14.9. The van der Waals surface area contributed by atoms with Crippen LogP contribution in [0.4, 0.5) is 0 Å². The molecule has 1 atom stereocenters. The van der Waals surface area contributed by atoms with Crippen molar-refractivity contribution < 1.29 is 0 Å². The van der Waals surface area contributed by atoms with Gasteiger partial charge in [-0.25, -0.2) is 0 Å². The maximum atomic E-state index is 6.14. The third kappa shape index (κ3) is 7.96. The minimum absolute atomic E-state index is 0.157. The lowest BCUT2D eigenvalue weighted by Gasteiger charge is -2.46. The Morgan fingerprint density at radius 3 is 2.42 bits per heavy atom. The van der Waals surface area contributed by atoms with Crippen LogP contribution < -0.4 is 5.73 Å². The molecule has 1 heterocycles. The summed E-state index contributed by atoms with van der Waals surface area (Å²) >= 11 is 0. The largest absolute Gasteiger partial charge is 0.378 e. The first-order chi connectivity index (χ1) is 17.7. The average molecular weight is 520 g/mol. The maximum absolute atomic E-state index is 6.14. The molecule has 0 spiro atoms. The molecule has 1 saturated heterocycles. The molecule has 0 aliphatic carbocycles. The zero-order valence-corrected chi connectivity index (χ0v) is 26.4. The van der Waals surface area contributed by atoms with Gasteiger partial charge < -0.3 is 10.6 Å². The molecule has 2 rings (SSSR count). The molecule has 0 amide bonds. The van der Waals surface area contributed by atoms with Crippen LogP contribution in [0.2, 0.25) is 0 Å². The number of aryl methyl sites for hydroxylation is 2. The Labute approximate surface area is 235 Å². The highest BCUT2D eigenvalue weighted by Gasteiger charge is 2.42. The number of benzene rings is 1. The molecule has 1 aromatic rings. The molecule has 1 aromatic carbocycles. The highest BCUT2D eigenvalue weighted by molar-refractivity contribution is 5.72. The monoisotopic (exact) mass is 519 g/mol. The van der Waals surface area contributed by atoms with Gasteiger partial charge in [-0.05, 0) is 85.3 Å². The Kier molecular flexibility index (Phi) is 11.7. The fourth-order valence-electron chi connectivity index (χ4n) is 5.49. The number of allylic oxidation sites excluding steroid dienone is 6. The minimum Gasteiger partial charge on any atom is -0.378 e. The summed E-state index contributed by atoms with van der Waals surface area (Å²) in [4.78, 5) is 4.87. The van der Waals surface area contributed by atoms with Crippen molar-refractivity contribution >= 4 is 5.57 Å². The normalized spacial score (nSPS) is 18.3. The molecule has 212 valence electrons. The van der Waals surface area contributed by atoms with Crippen LogP contribution in [0.1, 0.15) is 90.8 Å². The van der Waals surface area contributed by atoms with Gasteiger partial charge in [0, 0.05) is 45.0 Å². The van der Waals surface area contributed by atoms with E-state index in [1.165, 1.54) is 58.4 Å². The summed E-state index contributed by atoms with van der Waals surface area (Å²) in [5.74, 6) is 0. The number of hydrogen-bond acceptors (Lipinski definition) is 3. The van der Waals surface area contributed by atoms with E-state index in [0.717, 1.165) is 32.6 Å². The second-order valence-electron chi connectivity index (χ2n) is 12.8. The Balaban J connectivity index is 2.50. The third-order valence-corrected chi connectivity index (χ3v) is 9.23. The zero-order chi connectivity index (χ0) is 28.7. The average Bonchev–Trinajstić information content (AvgIpc) is 3.27. The number of nitrogens with two attached hydrogens (primary N) is 1. The van der Waals surface area contributed by atoms with E-state index in [2.05, 4.69) is 116 Å². The van der Waals surface area contributed by atoms with Crippen LogP contribution in [0.5, 0.6) is 0 Å². The minimum atomic E-state index is -0.171. The van der Waals surface area contributed by atoms with E-state index in [1.807, 2.05) is 0 Å². The highest BCUT2D eigenvalue weighted by Crippen LogP contribution is 2.53. The van der Waals surface area contributed by atoms with Crippen LogP contribution in [0.15, 0.2) is 59.8 Å². The molecule has 1 fully saturated rings. The number of hydrogen-bond donors (Lipinski definition) is 1. The van der Waals surface area contributed by atoms with Crippen molar-refractivity contribution in [1.29, 1.82) is 0 Å². The van der Waals surface area contributed by atoms with Gasteiger partial charge >= 0.3 is 0 Å². The molecule has 38 heavy (non-hydrogen) atoms. The van der Waals surface area contributed by atoms with Gasteiger partial charge in [0.15, 0.2) is 0 Å². The topological polar surface area (TPSA) is 32.5 Å². The van der Waals surface area contributed by atoms with Gasteiger partial charge in [0.1, 0.15) is 0 Å². The Morgan fingerprint density at radius 2 is 1.82 bits per heavy atom. The molecule has 1 aliphatic rings. The van der Waals surface area contributed by atoms with Crippen LogP contribution in [0.25, 0.3) is 5.57 Å². The molecule has 1 aliphatic heterocycles. The van der Waals surface area contributed by atoms with Gasteiger partial charge in [-0.3, -0.25) is 4.90 Å². The lowest BCUT2D eigenvalue weighted by molar-refractivity contribution is 0.231. The lowest BCUT2D eigenvalue weighted by Crippen LogP contribution is -2.36. The van der Waals surface area contributed by atoms with Crippen molar-refractivity contribution in [1.82, 2.24) is 9.80 Å². The van der Waals surface area contributed by atoms with E-state index in [4.69, 9.17) is 12.3 Å². The molecular weight excluding hydrogens is 462 g/mol. The summed E-state index contributed by atoms with van der Waals surface area (Å²) < 4.78 is 0. The first-order valence-electron chi connectivity index (χ1n) is 14.7. The molecule has 0 aromatic heterocycles. The molecule has 0 saturated carbocycles. The quantitative estimate of drug-likeness (QED) is 0.210. The van der Waals surface area contributed by atoms with Gasteiger partial charge in [0.25, 0.3) is 0 Å². The Hall–Kier alpha value is -2.10. The first kappa shape index (κ1) is 32.1. The van der Waals surface area contributed by atoms with E-state index >= 15 is 0 Å². The summed E-state index contributed by atoms with van der Waals surface area (Å²) in [6, 6.07) is 7.04. The summed E-state index contributed by atoms with van der Waals surface area (Å²) in [5, 5.41) is 0. The molecule has 0 radical (unpaired) electrons.